The van der Waals surface area contributed by atoms with E-state index in [9.17, 15) is 4.79 Å². The summed E-state index contributed by atoms with van der Waals surface area (Å²) in [4.78, 5) is 22.5. The van der Waals surface area contributed by atoms with E-state index in [0.717, 1.165) is 15.3 Å². The topological polar surface area (TPSA) is 45.8 Å². The molecule has 0 saturated heterocycles. The zero-order chi connectivity index (χ0) is 13.6. The monoisotopic (exact) mass is 310 g/mol. The summed E-state index contributed by atoms with van der Waals surface area (Å²) in [7, 11) is 0. The molecule has 0 aliphatic rings. The van der Waals surface area contributed by atoms with Gasteiger partial charge in [0.05, 0.1) is 10.8 Å². The highest BCUT2D eigenvalue weighted by Crippen LogP contribution is 2.35. The standard InChI is InChI=1S/C13H11ClN2OS2/c1-6-3-4-9(19-6)8-5-18-13-10(8)12(17)15-11(16-13)7(2)14/h3-5,7H,1-2H3,(H,15,16,17). The Bertz CT molecular complexity index is 800. The number of nitrogens with one attached hydrogen (secondary N) is 1. The number of alkyl halides is 1. The maximum absolute atomic E-state index is 12.2. The van der Waals surface area contributed by atoms with Crippen molar-refractivity contribution in [3.8, 4) is 10.4 Å². The van der Waals surface area contributed by atoms with Gasteiger partial charge in [-0.15, -0.1) is 34.3 Å². The van der Waals surface area contributed by atoms with Crippen molar-refractivity contribution in [3.05, 3.63) is 38.6 Å². The van der Waals surface area contributed by atoms with E-state index < -0.39 is 0 Å². The van der Waals surface area contributed by atoms with E-state index in [0.29, 0.717) is 11.2 Å². The summed E-state index contributed by atoms with van der Waals surface area (Å²) in [6, 6.07) is 4.10. The van der Waals surface area contributed by atoms with Crippen LogP contribution in [0.1, 0.15) is 23.0 Å². The first-order valence-corrected chi connectivity index (χ1v) is 7.92. The lowest BCUT2D eigenvalue weighted by Crippen LogP contribution is -2.11. The molecule has 3 aromatic rings. The number of thiophene rings is 2. The minimum Gasteiger partial charge on any atom is -0.309 e. The van der Waals surface area contributed by atoms with E-state index >= 15 is 0 Å². The van der Waals surface area contributed by atoms with Gasteiger partial charge in [0, 0.05) is 20.7 Å². The Morgan fingerprint density at radius 3 is 2.84 bits per heavy atom. The van der Waals surface area contributed by atoms with Gasteiger partial charge in [-0.1, -0.05) is 0 Å². The number of H-pyrrole nitrogens is 1. The Morgan fingerprint density at radius 2 is 2.21 bits per heavy atom. The van der Waals surface area contributed by atoms with Crippen molar-refractivity contribution in [1.29, 1.82) is 0 Å². The molecule has 0 radical (unpaired) electrons. The largest absolute Gasteiger partial charge is 0.309 e. The third-order valence-electron chi connectivity index (χ3n) is 2.84. The molecule has 19 heavy (non-hydrogen) atoms. The number of aryl methyl sites for hydroxylation is 1. The SMILES string of the molecule is Cc1ccc(-c2csc3nc(C(C)Cl)[nH]c(=O)c23)s1. The molecule has 3 nitrogen and oxygen atoms in total. The van der Waals surface area contributed by atoms with Gasteiger partial charge < -0.3 is 4.98 Å². The van der Waals surface area contributed by atoms with Gasteiger partial charge in [-0.25, -0.2) is 4.98 Å². The van der Waals surface area contributed by atoms with Crippen LogP contribution in [0.25, 0.3) is 20.7 Å². The molecule has 3 heterocycles. The number of aromatic nitrogens is 2. The lowest BCUT2D eigenvalue weighted by molar-refractivity contribution is 0.917. The van der Waals surface area contributed by atoms with Crippen LogP contribution in [0.4, 0.5) is 0 Å². The second kappa shape index (κ2) is 4.74. The summed E-state index contributed by atoms with van der Waals surface area (Å²) in [5.74, 6) is 0.523. The fourth-order valence-electron chi connectivity index (χ4n) is 1.91. The van der Waals surface area contributed by atoms with Crippen LogP contribution in [-0.2, 0) is 0 Å². The molecule has 6 heteroatoms. The maximum atomic E-state index is 12.2. The number of aromatic amines is 1. The van der Waals surface area contributed by atoms with Gasteiger partial charge in [0.25, 0.3) is 5.56 Å². The van der Waals surface area contributed by atoms with Crippen molar-refractivity contribution in [2.75, 3.05) is 0 Å². The first-order chi connectivity index (χ1) is 9.06. The second-order valence-corrected chi connectivity index (χ2v) is 7.11. The average Bonchev–Trinajstić information content (AvgIpc) is 2.94. The number of hydrogen-bond acceptors (Lipinski definition) is 4. The Morgan fingerprint density at radius 1 is 1.42 bits per heavy atom. The molecule has 1 N–H and O–H groups in total. The fourth-order valence-corrected chi connectivity index (χ4v) is 3.93. The van der Waals surface area contributed by atoms with E-state index in [1.165, 1.54) is 16.2 Å². The van der Waals surface area contributed by atoms with E-state index in [1.807, 2.05) is 11.4 Å². The third-order valence-corrected chi connectivity index (χ3v) is 4.96. The molecule has 1 atom stereocenters. The molecule has 0 aliphatic heterocycles. The quantitative estimate of drug-likeness (QED) is 0.716. The molecule has 98 valence electrons. The van der Waals surface area contributed by atoms with Crippen molar-refractivity contribution in [2.45, 2.75) is 19.2 Å². The van der Waals surface area contributed by atoms with E-state index in [4.69, 9.17) is 11.6 Å². The molecular weight excluding hydrogens is 300 g/mol. The first-order valence-electron chi connectivity index (χ1n) is 5.78. The van der Waals surface area contributed by atoms with Crippen molar-refractivity contribution < 1.29 is 0 Å². The van der Waals surface area contributed by atoms with Crippen molar-refractivity contribution >= 4 is 44.5 Å². The van der Waals surface area contributed by atoms with Crippen molar-refractivity contribution in [2.24, 2.45) is 0 Å². The molecule has 0 fully saturated rings. The van der Waals surface area contributed by atoms with E-state index in [2.05, 4.69) is 23.0 Å². The highest BCUT2D eigenvalue weighted by Gasteiger charge is 2.15. The predicted molar refractivity (Wildman–Crippen MR) is 82.6 cm³/mol. The average molecular weight is 311 g/mol. The molecule has 0 aromatic carbocycles. The zero-order valence-electron chi connectivity index (χ0n) is 10.4. The van der Waals surface area contributed by atoms with Gasteiger partial charge in [-0.3, -0.25) is 4.79 Å². The summed E-state index contributed by atoms with van der Waals surface area (Å²) in [6.07, 6.45) is 0. The molecule has 0 bridgehead atoms. The van der Waals surface area contributed by atoms with Gasteiger partial charge in [0.2, 0.25) is 0 Å². The fraction of sp³-hybridized carbons (Fsp3) is 0.231. The van der Waals surface area contributed by atoms with Crippen LogP contribution in [0.5, 0.6) is 0 Å². The van der Waals surface area contributed by atoms with Crippen LogP contribution in [0.2, 0.25) is 0 Å². The normalized spacial score (nSPS) is 13.0. The lowest BCUT2D eigenvalue weighted by Gasteiger charge is -2.02. The predicted octanol–water partition coefficient (Wildman–Crippen LogP) is 4.32. The third kappa shape index (κ3) is 2.22. The number of nitrogens with zero attached hydrogens (tertiary/aromatic N) is 1. The summed E-state index contributed by atoms with van der Waals surface area (Å²) in [5, 5.41) is 2.35. The van der Waals surface area contributed by atoms with Crippen LogP contribution in [0.3, 0.4) is 0 Å². The number of hydrogen-bond donors (Lipinski definition) is 1. The van der Waals surface area contributed by atoms with Crippen molar-refractivity contribution in [3.63, 3.8) is 0 Å². The molecule has 0 amide bonds. The smallest absolute Gasteiger partial charge is 0.260 e. The lowest BCUT2D eigenvalue weighted by atomic mass is 10.2. The van der Waals surface area contributed by atoms with Gasteiger partial charge in [-0.05, 0) is 26.0 Å². The van der Waals surface area contributed by atoms with Gasteiger partial charge >= 0.3 is 0 Å². The summed E-state index contributed by atoms with van der Waals surface area (Å²) < 4.78 is 0. The Kier molecular flexibility index (Phi) is 3.20. The molecule has 0 spiro atoms. The first kappa shape index (κ1) is 12.8. The highest BCUT2D eigenvalue weighted by molar-refractivity contribution is 7.19. The molecular formula is C13H11ClN2OS2. The van der Waals surface area contributed by atoms with Gasteiger partial charge in [0.15, 0.2) is 0 Å². The van der Waals surface area contributed by atoms with Crippen LogP contribution < -0.4 is 5.56 Å². The zero-order valence-corrected chi connectivity index (χ0v) is 12.7. The maximum Gasteiger partial charge on any atom is 0.260 e. The van der Waals surface area contributed by atoms with Crippen LogP contribution >= 0.6 is 34.3 Å². The van der Waals surface area contributed by atoms with Gasteiger partial charge in [0.1, 0.15) is 10.7 Å². The molecule has 3 rings (SSSR count). The van der Waals surface area contributed by atoms with E-state index in [1.54, 1.807) is 18.3 Å². The minimum absolute atomic E-state index is 0.116. The number of fused-ring (bicyclic) bond motifs is 1. The molecule has 0 aliphatic carbocycles. The molecule has 3 aromatic heterocycles. The Hall–Kier alpha value is -1.17. The highest BCUT2D eigenvalue weighted by atomic mass is 35.5. The van der Waals surface area contributed by atoms with Gasteiger partial charge in [-0.2, -0.15) is 0 Å². The second-order valence-electron chi connectivity index (χ2n) is 4.31. The Balaban J connectivity index is 2.27. The summed E-state index contributed by atoms with van der Waals surface area (Å²) in [5.41, 5.74) is 0.843. The van der Waals surface area contributed by atoms with E-state index in [-0.39, 0.29) is 10.9 Å². The number of rotatable bonds is 2. The number of halogens is 1. The van der Waals surface area contributed by atoms with Crippen LogP contribution in [0.15, 0.2) is 22.3 Å². The summed E-state index contributed by atoms with van der Waals surface area (Å²) in [6.45, 7) is 3.85. The molecule has 0 saturated carbocycles. The molecule has 1 unspecified atom stereocenters. The Labute approximate surface area is 122 Å². The van der Waals surface area contributed by atoms with Crippen molar-refractivity contribution in [1.82, 2.24) is 9.97 Å². The summed E-state index contributed by atoms with van der Waals surface area (Å²) >= 11 is 9.14. The van der Waals surface area contributed by atoms with Crippen LogP contribution in [-0.4, -0.2) is 9.97 Å². The minimum atomic E-state index is -0.299. The van der Waals surface area contributed by atoms with Crippen LogP contribution in [0, 0.1) is 6.92 Å².